The fourth-order valence-corrected chi connectivity index (χ4v) is 5.51. The average Bonchev–Trinajstić information content (AvgIpc) is 3.15. The van der Waals surface area contributed by atoms with Gasteiger partial charge >= 0.3 is 0 Å². The summed E-state index contributed by atoms with van der Waals surface area (Å²) in [6.07, 6.45) is 2.86. The van der Waals surface area contributed by atoms with Gasteiger partial charge in [0.25, 0.3) is 0 Å². The molecule has 1 aromatic carbocycles. The summed E-state index contributed by atoms with van der Waals surface area (Å²) in [5.41, 5.74) is 2.45. The van der Waals surface area contributed by atoms with Crippen LogP contribution >= 0.6 is 0 Å². The second-order valence-corrected chi connectivity index (χ2v) is 11.2. The Balaban J connectivity index is 1.28. The molecular weight excluding hydrogens is 416 g/mol. The van der Waals surface area contributed by atoms with Crippen molar-refractivity contribution in [2.45, 2.75) is 51.6 Å². The maximum absolute atomic E-state index is 12.5. The number of piperidine rings is 1. The van der Waals surface area contributed by atoms with Crippen molar-refractivity contribution in [1.29, 1.82) is 0 Å². The van der Waals surface area contributed by atoms with Gasteiger partial charge in [-0.05, 0) is 43.7 Å². The zero-order valence-corrected chi connectivity index (χ0v) is 18.9. The lowest BCUT2D eigenvalue weighted by Crippen LogP contribution is -2.42. The maximum atomic E-state index is 12.5. The third-order valence-electron chi connectivity index (χ3n) is 6.14. The largest absolute Gasteiger partial charge is 0.486 e. The molecule has 0 amide bonds. The summed E-state index contributed by atoms with van der Waals surface area (Å²) in [7, 11) is -3.21. The molecule has 0 unspecified atom stereocenters. The Hall–Kier alpha value is -2.16. The molecule has 0 N–H and O–H groups in total. The molecule has 2 aliphatic heterocycles. The van der Waals surface area contributed by atoms with E-state index in [1.165, 1.54) is 23.5 Å². The summed E-state index contributed by atoms with van der Waals surface area (Å²) < 4.78 is 37.5. The number of fused-ring (bicyclic) bond motifs is 1. The second kappa shape index (κ2) is 9.14. The maximum Gasteiger partial charge on any atom is 0.227 e. The van der Waals surface area contributed by atoms with Gasteiger partial charge in [0.1, 0.15) is 12.0 Å². The zero-order valence-electron chi connectivity index (χ0n) is 18.1. The molecule has 1 fully saturated rings. The topological polar surface area (TPSA) is 80.1 Å². The van der Waals surface area contributed by atoms with Crippen LogP contribution in [0.2, 0.25) is 0 Å². The molecule has 0 saturated carbocycles. The Morgan fingerprint density at radius 1 is 1.13 bits per heavy atom. The first kappa shape index (κ1) is 22.0. The summed E-state index contributed by atoms with van der Waals surface area (Å²) in [5, 5.41) is -0.404. The smallest absolute Gasteiger partial charge is 0.227 e. The molecule has 168 valence electrons. The van der Waals surface area contributed by atoms with Crippen LogP contribution in [0.5, 0.6) is 5.75 Å². The predicted molar refractivity (Wildman–Crippen MR) is 118 cm³/mol. The third-order valence-corrected chi connectivity index (χ3v) is 8.42. The molecule has 0 aliphatic carbocycles. The van der Waals surface area contributed by atoms with E-state index < -0.39 is 15.3 Å². The monoisotopic (exact) mass is 446 g/mol. The van der Waals surface area contributed by atoms with E-state index in [0.29, 0.717) is 32.0 Å². The SMILES string of the molecule is CC(C)S(=O)(=O)N1CCC(COc2coc(CN3Cc4ccccc4C3)cc2=O)CC1. The first-order chi connectivity index (χ1) is 14.8. The van der Waals surface area contributed by atoms with Gasteiger partial charge in [0.05, 0.1) is 18.4 Å². The van der Waals surface area contributed by atoms with Crippen molar-refractivity contribution < 1.29 is 17.6 Å². The molecule has 2 aromatic rings. The average molecular weight is 447 g/mol. The van der Waals surface area contributed by atoms with E-state index in [1.54, 1.807) is 18.2 Å². The highest BCUT2D eigenvalue weighted by Crippen LogP contribution is 2.25. The van der Waals surface area contributed by atoms with Gasteiger partial charge in [-0.2, -0.15) is 0 Å². The first-order valence-corrected chi connectivity index (χ1v) is 12.4. The number of hydrogen-bond donors (Lipinski definition) is 0. The molecule has 0 bridgehead atoms. The molecule has 0 atom stereocenters. The highest BCUT2D eigenvalue weighted by atomic mass is 32.2. The number of ether oxygens (including phenoxy) is 1. The predicted octanol–water partition coefficient (Wildman–Crippen LogP) is 2.98. The number of nitrogens with zero attached hydrogens (tertiary/aromatic N) is 2. The van der Waals surface area contributed by atoms with Crippen LogP contribution in [-0.4, -0.2) is 42.6 Å². The van der Waals surface area contributed by atoms with Crippen molar-refractivity contribution in [3.63, 3.8) is 0 Å². The van der Waals surface area contributed by atoms with Crippen LogP contribution in [0.4, 0.5) is 0 Å². The van der Waals surface area contributed by atoms with Crippen LogP contribution in [0, 0.1) is 5.92 Å². The van der Waals surface area contributed by atoms with Crippen molar-refractivity contribution in [1.82, 2.24) is 9.21 Å². The summed E-state index contributed by atoms with van der Waals surface area (Å²) in [6, 6.07) is 9.86. The quantitative estimate of drug-likeness (QED) is 0.651. The van der Waals surface area contributed by atoms with Crippen LogP contribution in [0.1, 0.15) is 43.6 Å². The van der Waals surface area contributed by atoms with Crippen LogP contribution in [0.25, 0.3) is 0 Å². The number of rotatable bonds is 7. The fraction of sp³-hybridized carbons (Fsp3) is 0.522. The minimum atomic E-state index is -3.21. The fourth-order valence-electron chi connectivity index (χ4n) is 4.20. The lowest BCUT2D eigenvalue weighted by molar-refractivity contribution is 0.179. The van der Waals surface area contributed by atoms with Crippen molar-refractivity contribution >= 4 is 10.0 Å². The van der Waals surface area contributed by atoms with Gasteiger partial charge in [-0.1, -0.05) is 24.3 Å². The molecular formula is C23H30N2O5S. The summed E-state index contributed by atoms with van der Waals surface area (Å²) >= 11 is 0. The lowest BCUT2D eigenvalue weighted by atomic mass is 9.99. The van der Waals surface area contributed by atoms with Gasteiger partial charge in [0, 0.05) is 32.2 Å². The van der Waals surface area contributed by atoms with Crippen molar-refractivity contribution in [3.8, 4) is 5.75 Å². The van der Waals surface area contributed by atoms with Crippen molar-refractivity contribution in [2.75, 3.05) is 19.7 Å². The highest BCUT2D eigenvalue weighted by molar-refractivity contribution is 7.89. The van der Waals surface area contributed by atoms with E-state index in [0.717, 1.165) is 25.9 Å². The van der Waals surface area contributed by atoms with Crippen LogP contribution < -0.4 is 10.2 Å². The molecule has 1 saturated heterocycles. The van der Waals surface area contributed by atoms with Crippen molar-refractivity contribution in [3.05, 3.63) is 63.7 Å². The minimum absolute atomic E-state index is 0.183. The van der Waals surface area contributed by atoms with Gasteiger partial charge in [0.2, 0.25) is 21.2 Å². The Labute approximate surface area is 183 Å². The normalized spacial score (nSPS) is 18.4. The Morgan fingerprint density at radius 2 is 1.77 bits per heavy atom. The van der Waals surface area contributed by atoms with E-state index in [2.05, 4.69) is 17.0 Å². The molecule has 0 spiro atoms. The highest BCUT2D eigenvalue weighted by Gasteiger charge is 2.30. The van der Waals surface area contributed by atoms with E-state index in [4.69, 9.17) is 9.15 Å². The first-order valence-electron chi connectivity index (χ1n) is 10.9. The van der Waals surface area contributed by atoms with E-state index in [-0.39, 0.29) is 17.1 Å². The van der Waals surface area contributed by atoms with Gasteiger partial charge in [-0.15, -0.1) is 0 Å². The van der Waals surface area contributed by atoms with Crippen LogP contribution in [0.3, 0.4) is 0 Å². The second-order valence-electron chi connectivity index (χ2n) is 8.74. The van der Waals surface area contributed by atoms with Crippen LogP contribution in [0.15, 0.2) is 45.8 Å². The number of sulfonamides is 1. The van der Waals surface area contributed by atoms with E-state index >= 15 is 0 Å². The van der Waals surface area contributed by atoms with Crippen LogP contribution in [-0.2, 0) is 29.7 Å². The molecule has 8 heteroatoms. The minimum Gasteiger partial charge on any atom is -0.486 e. The van der Waals surface area contributed by atoms with Gasteiger partial charge in [0.15, 0.2) is 0 Å². The summed E-state index contributed by atoms with van der Waals surface area (Å²) in [5.74, 6) is 1.06. The van der Waals surface area contributed by atoms with E-state index in [9.17, 15) is 13.2 Å². The summed E-state index contributed by atoms with van der Waals surface area (Å²) in [4.78, 5) is 14.7. The van der Waals surface area contributed by atoms with Crippen molar-refractivity contribution in [2.24, 2.45) is 5.92 Å². The molecule has 31 heavy (non-hydrogen) atoms. The molecule has 7 nitrogen and oxygen atoms in total. The standard InChI is InChI=1S/C23H30N2O5S/c1-17(2)31(27,28)25-9-7-18(8-10-25)15-30-23-16-29-21(11-22(23)26)14-24-12-19-5-3-4-6-20(19)13-24/h3-6,11,16-18H,7-10,12-15H2,1-2H3. The number of benzene rings is 1. The Bertz CT molecular complexity index is 1050. The van der Waals surface area contributed by atoms with Gasteiger partial charge in [-0.3, -0.25) is 9.69 Å². The Morgan fingerprint density at radius 3 is 2.35 bits per heavy atom. The van der Waals surface area contributed by atoms with Gasteiger partial charge < -0.3 is 9.15 Å². The molecule has 2 aliphatic rings. The summed E-state index contributed by atoms with van der Waals surface area (Å²) in [6.45, 7) is 7.08. The molecule has 4 rings (SSSR count). The van der Waals surface area contributed by atoms with E-state index in [1.807, 2.05) is 12.1 Å². The lowest BCUT2D eigenvalue weighted by Gasteiger charge is -2.32. The molecule has 3 heterocycles. The molecule has 1 aromatic heterocycles. The molecule has 0 radical (unpaired) electrons. The third kappa shape index (κ3) is 5.02. The number of hydrogen-bond acceptors (Lipinski definition) is 6. The Kier molecular flexibility index (Phi) is 6.50. The zero-order chi connectivity index (χ0) is 22.0. The van der Waals surface area contributed by atoms with Gasteiger partial charge in [-0.25, -0.2) is 12.7 Å².